The summed E-state index contributed by atoms with van der Waals surface area (Å²) in [6.45, 7) is 0. The summed E-state index contributed by atoms with van der Waals surface area (Å²) in [7, 11) is 2.18. The molecule has 0 aliphatic heterocycles. The van der Waals surface area contributed by atoms with Crippen molar-refractivity contribution in [1.29, 1.82) is 0 Å². The van der Waals surface area contributed by atoms with Crippen molar-refractivity contribution in [2.24, 2.45) is 0 Å². The van der Waals surface area contributed by atoms with Crippen molar-refractivity contribution in [2.45, 2.75) is 6.10 Å². The van der Waals surface area contributed by atoms with Crippen molar-refractivity contribution in [2.75, 3.05) is 14.2 Å². The Balaban J connectivity index is 3.44. The molecular weight excluding hydrogens is 255 g/mol. The van der Waals surface area contributed by atoms with E-state index in [1.54, 1.807) is 0 Å². The predicted molar refractivity (Wildman–Crippen MR) is 56.6 cm³/mol. The van der Waals surface area contributed by atoms with Crippen LogP contribution < -0.4 is 4.74 Å². The largest absolute Gasteiger partial charge is 0.504 e. The van der Waals surface area contributed by atoms with Crippen LogP contribution in [0.25, 0.3) is 0 Å². The number of esters is 1. The minimum Gasteiger partial charge on any atom is -0.504 e. The van der Waals surface area contributed by atoms with E-state index in [-0.39, 0.29) is 5.75 Å². The third kappa shape index (κ3) is 2.42. The summed E-state index contributed by atoms with van der Waals surface area (Å²) in [4.78, 5) is 11.1. The Labute approximate surface area is 101 Å². The first-order valence-electron chi connectivity index (χ1n) is 4.44. The van der Waals surface area contributed by atoms with Crippen molar-refractivity contribution in [3.8, 4) is 11.5 Å². The lowest BCUT2D eigenvalue weighted by atomic mass is 10.1. The SMILES string of the molecule is COC(=O)C(O)c1c(F)c(Cl)cc(O)c1OC. The van der Waals surface area contributed by atoms with E-state index >= 15 is 0 Å². The number of phenolic OH excluding ortho intramolecular Hbond substituents is 1. The van der Waals surface area contributed by atoms with Gasteiger partial charge in [-0.15, -0.1) is 0 Å². The highest BCUT2D eigenvalue weighted by Gasteiger charge is 2.29. The predicted octanol–water partition coefficient (Wildman–Crippen LogP) is 1.40. The maximum Gasteiger partial charge on any atom is 0.339 e. The lowest BCUT2D eigenvalue weighted by molar-refractivity contribution is -0.151. The Bertz CT molecular complexity index is 449. The zero-order valence-corrected chi connectivity index (χ0v) is 9.79. The van der Waals surface area contributed by atoms with Crippen molar-refractivity contribution >= 4 is 17.6 Å². The Morgan fingerprint density at radius 2 is 2.12 bits per heavy atom. The van der Waals surface area contributed by atoms with Crippen LogP contribution in [-0.4, -0.2) is 30.4 Å². The van der Waals surface area contributed by atoms with E-state index in [4.69, 9.17) is 16.3 Å². The van der Waals surface area contributed by atoms with Gasteiger partial charge >= 0.3 is 5.97 Å². The number of carbonyl (C=O) groups excluding carboxylic acids is 1. The molecule has 1 atom stereocenters. The molecule has 0 saturated carbocycles. The molecule has 17 heavy (non-hydrogen) atoms. The molecule has 2 N–H and O–H groups in total. The summed E-state index contributed by atoms with van der Waals surface area (Å²) in [5, 5.41) is 18.6. The standard InChI is InChI=1S/C10H10ClFO5/c1-16-9-5(13)3-4(11)7(12)6(9)8(14)10(15)17-2/h3,8,13-14H,1-2H3. The van der Waals surface area contributed by atoms with Gasteiger partial charge < -0.3 is 19.7 Å². The van der Waals surface area contributed by atoms with Crippen LogP contribution in [0.15, 0.2) is 6.07 Å². The molecule has 94 valence electrons. The number of hydrogen-bond donors (Lipinski definition) is 2. The van der Waals surface area contributed by atoms with Gasteiger partial charge in [-0.25, -0.2) is 9.18 Å². The number of methoxy groups -OCH3 is 2. The van der Waals surface area contributed by atoms with E-state index in [0.717, 1.165) is 20.3 Å². The summed E-state index contributed by atoms with van der Waals surface area (Å²) in [5.41, 5.74) is -0.565. The molecule has 7 heteroatoms. The minimum atomic E-state index is -1.93. The van der Waals surface area contributed by atoms with Crippen molar-refractivity contribution in [1.82, 2.24) is 0 Å². The van der Waals surface area contributed by atoms with Crippen molar-refractivity contribution < 1.29 is 28.9 Å². The third-order valence-electron chi connectivity index (χ3n) is 2.09. The van der Waals surface area contributed by atoms with Crippen LogP contribution in [0.2, 0.25) is 5.02 Å². The summed E-state index contributed by atoms with van der Waals surface area (Å²) >= 11 is 5.49. The number of benzene rings is 1. The topological polar surface area (TPSA) is 76.0 Å². The van der Waals surface area contributed by atoms with Gasteiger partial charge in [-0.3, -0.25) is 0 Å². The molecule has 1 aromatic carbocycles. The first-order valence-corrected chi connectivity index (χ1v) is 4.82. The summed E-state index contributed by atoms with van der Waals surface area (Å²) in [5.74, 6) is -3.01. The Morgan fingerprint density at radius 3 is 2.59 bits per heavy atom. The lowest BCUT2D eigenvalue weighted by Gasteiger charge is -2.15. The van der Waals surface area contributed by atoms with Crippen molar-refractivity contribution in [3.05, 3.63) is 22.5 Å². The molecule has 0 bridgehead atoms. The van der Waals surface area contributed by atoms with Crippen LogP contribution in [0.1, 0.15) is 11.7 Å². The molecule has 0 heterocycles. The third-order valence-corrected chi connectivity index (χ3v) is 2.36. The van der Waals surface area contributed by atoms with Gasteiger partial charge in [0.15, 0.2) is 23.4 Å². The van der Waals surface area contributed by atoms with E-state index < -0.39 is 34.2 Å². The Hall–Kier alpha value is -1.53. The van der Waals surface area contributed by atoms with E-state index in [0.29, 0.717) is 0 Å². The molecular formula is C10H10ClFO5. The summed E-state index contributed by atoms with van der Waals surface area (Å²) in [6.07, 6.45) is -1.93. The van der Waals surface area contributed by atoms with E-state index in [2.05, 4.69) is 4.74 Å². The van der Waals surface area contributed by atoms with Crippen LogP contribution in [0, 0.1) is 5.82 Å². The highest BCUT2D eigenvalue weighted by molar-refractivity contribution is 6.31. The molecule has 0 spiro atoms. The van der Waals surface area contributed by atoms with E-state index in [9.17, 15) is 19.4 Å². The van der Waals surface area contributed by atoms with Gasteiger partial charge in [-0.1, -0.05) is 11.6 Å². The van der Waals surface area contributed by atoms with Gasteiger partial charge in [-0.05, 0) is 0 Å². The Morgan fingerprint density at radius 1 is 1.53 bits per heavy atom. The maximum absolute atomic E-state index is 13.7. The fraction of sp³-hybridized carbons (Fsp3) is 0.300. The summed E-state index contributed by atoms with van der Waals surface area (Å²) < 4.78 is 22.7. The van der Waals surface area contributed by atoms with Crippen molar-refractivity contribution in [3.63, 3.8) is 0 Å². The zero-order chi connectivity index (χ0) is 13.2. The average molecular weight is 265 g/mol. The molecule has 0 aliphatic rings. The van der Waals surface area contributed by atoms with Crippen LogP contribution in [0.4, 0.5) is 4.39 Å². The van der Waals surface area contributed by atoms with Crippen LogP contribution in [-0.2, 0) is 9.53 Å². The second-order valence-electron chi connectivity index (χ2n) is 3.06. The molecule has 0 radical (unpaired) electrons. The number of rotatable bonds is 3. The lowest BCUT2D eigenvalue weighted by Crippen LogP contribution is -2.16. The molecule has 0 aliphatic carbocycles. The van der Waals surface area contributed by atoms with Gasteiger partial charge in [-0.2, -0.15) is 0 Å². The van der Waals surface area contributed by atoms with Gasteiger partial charge in [0.1, 0.15) is 0 Å². The number of hydrogen-bond acceptors (Lipinski definition) is 5. The molecule has 1 unspecified atom stereocenters. The number of aromatic hydroxyl groups is 1. The molecule has 5 nitrogen and oxygen atoms in total. The van der Waals surface area contributed by atoms with E-state index in [1.165, 1.54) is 0 Å². The first kappa shape index (κ1) is 13.5. The molecule has 1 rings (SSSR count). The molecule has 0 fully saturated rings. The van der Waals surface area contributed by atoms with Gasteiger partial charge in [0, 0.05) is 6.07 Å². The second-order valence-corrected chi connectivity index (χ2v) is 3.47. The summed E-state index contributed by atoms with van der Waals surface area (Å²) in [6, 6.07) is 0.906. The quantitative estimate of drug-likeness (QED) is 0.807. The zero-order valence-electron chi connectivity index (χ0n) is 9.03. The average Bonchev–Trinajstić information content (AvgIpc) is 2.31. The Kier molecular flexibility index (Phi) is 4.14. The highest BCUT2D eigenvalue weighted by Crippen LogP contribution is 2.39. The minimum absolute atomic E-state index is 0.371. The number of aliphatic hydroxyl groups excluding tert-OH is 1. The van der Waals surface area contributed by atoms with Crippen LogP contribution >= 0.6 is 11.6 Å². The smallest absolute Gasteiger partial charge is 0.339 e. The number of phenols is 1. The monoisotopic (exact) mass is 264 g/mol. The molecule has 0 amide bonds. The fourth-order valence-electron chi connectivity index (χ4n) is 1.30. The maximum atomic E-state index is 13.7. The fourth-order valence-corrected chi connectivity index (χ4v) is 1.51. The van der Waals surface area contributed by atoms with Crippen LogP contribution in [0.5, 0.6) is 11.5 Å². The van der Waals surface area contributed by atoms with Gasteiger partial charge in [0.05, 0.1) is 24.8 Å². The van der Waals surface area contributed by atoms with Crippen LogP contribution in [0.3, 0.4) is 0 Å². The normalized spacial score (nSPS) is 12.1. The highest BCUT2D eigenvalue weighted by atomic mass is 35.5. The first-order chi connectivity index (χ1) is 7.93. The van der Waals surface area contributed by atoms with Gasteiger partial charge in [0.2, 0.25) is 0 Å². The van der Waals surface area contributed by atoms with E-state index in [1.807, 2.05) is 0 Å². The number of carbonyl (C=O) groups is 1. The second kappa shape index (κ2) is 5.20. The molecule has 0 aromatic heterocycles. The number of aliphatic hydroxyl groups is 1. The number of ether oxygens (including phenoxy) is 2. The van der Waals surface area contributed by atoms with Gasteiger partial charge in [0.25, 0.3) is 0 Å². The number of halogens is 2. The molecule has 1 aromatic rings. The molecule has 0 saturated heterocycles.